The number of carbonyl (C=O) groups is 5. The number of nitrogens with one attached hydrogen (secondary N) is 3. The number of ether oxygens (including phenoxy) is 1. The number of hydrogen-bond acceptors (Lipinski definition) is 6. The van der Waals surface area contributed by atoms with Crippen molar-refractivity contribution in [2.24, 2.45) is 11.3 Å². The third-order valence-electron chi connectivity index (χ3n) is 5.96. The van der Waals surface area contributed by atoms with Crippen LogP contribution >= 0.6 is 0 Å². The highest BCUT2D eigenvalue weighted by molar-refractivity contribution is 6.10. The smallest absolute Gasteiger partial charge is 0.325 e. The van der Waals surface area contributed by atoms with E-state index >= 15 is 0 Å². The maximum Gasteiger partial charge on any atom is 0.325 e. The number of urea groups is 1. The van der Waals surface area contributed by atoms with Crippen LogP contribution in [0.3, 0.4) is 0 Å². The van der Waals surface area contributed by atoms with Crippen LogP contribution in [0.5, 0.6) is 0 Å². The van der Waals surface area contributed by atoms with Crippen LogP contribution in [0.25, 0.3) is 0 Å². The highest BCUT2D eigenvalue weighted by Crippen LogP contribution is 2.46. The standard InChI is InChI=1S/C23H30N4O6/c1-14-9-22(2,3)13-23(10-14)20(31)27(21(32)26-23)12-17(28)25-16-7-5-6-15(8-16)19(30)24-11-18(29)33-4/h5-8,14H,9-13H2,1-4H3,(H,24,30)(H,25,28)(H,26,32). The summed E-state index contributed by atoms with van der Waals surface area (Å²) in [4.78, 5) is 62.7. The Bertz CT molecular complexity index is 991. The van der Waals surface area contributed by atoms with Crippen molar-refractivity contribution in [3.63, 3.8) is 0 Å². The predicted octanol–water partition coefficient (Wildman–Crippen LogP) is 1.66. The second-order valence-corrected chi connectivity index (χ2v) is 9.65. The molecular formula is C23H30N4O6. The molecular weight excluding hydrogens is 428 g/mol. The van der Waals surface area contributed by atoms with Gasteiger partial charge in [-0.1, -0.05) is 26.8 Å². The minimum Gasteiger partial charge on any atom is -0.468 e. The van der Waals surface area contributed by atoms with Crippen molar-refractivity contribution >= 4 is 35.4 Å². The van der Waals surface area contributed by atoms with Gasteiger partial charge in [-0.05, 0) is 48.8 Å². The van der Waals surface area contributed by atoms with Crippen LogP contribution in [0.15, 0.2) is 24.3 Å². The largest absolute Gasteiger partial charge is 0.468 e. The molecule has 1 aromatic rings. The van der Waals surface area contributed by atoms with E-state index in [1.807, 2.05) is 0 Å². The summed E-state index contributed by atoms with van der Waals surface area (Å²) in [6.07, 6.45) is 2.03. The Labute approximate surface area is 192 Å². The molecule has 0 bridgehead atoms. The van der Waals surface area contributed by atoms with Gasteiger partial charge in [0.1, 0.15) is 18.6 Å². The van der Waals surface area contributed by atoms with E-state index in [0.29, 0.717) is 18.5 Å². The Balaban J connectivity index is 1.64. The number of benzene rings is 1. The van der Waals surface area contributed by atoms with Gasteiger partial charge in [0, 0.05) is 11.3 Å². The molecule has 0 radical (unpaired) electrons. The Hall–Kier alpha value is -3.43. The number of nitrogens with zero attached hydrogens (tertiary/aromatic N) is 1. The predicted molar refractivity (Wildman–Crippen MR) is 119 cm³/mol. The second-order valence-electron chi connectivity index (χ2n) is 9.65. The van der Waals surface area contributed by atoms with Crippen LogP contribution in [-0.4, -0.2) is 60.4 Å². The molecule has 10 heteroatoms. The van der Waals surface area contributed by atoms with E-state index < -0.39 is 35.9 Å². The number of hydrogen-bond donors (Lipinski definition) is 3. The summed E-state index contributed by atoms with van der Waals surface area (Å²) in [6, 6.07) is 5.53. The molecule has 3 rings (SSSR count). The average Bonchev–Trinajstić information content (AvgIpc) is 2.93. The Kier molecular flexibility index (Phi) is 6.76. The van der Waals surface area contributed by atoms with Gasteiger partial charge < -0.3 is 20.7 Å². The first-order valence-electron chi connectivity index (χ1n) is 10.8. The molecule has 1 saturated carbocycles. The monoisotopic (exact) mass is 458 g/mol. The number of imide groups is 1. The lowest BCUT2D eigenvalue weighted by Crippen LogP contribution is -2.54. The lowest BCUT2D eigenvalue weighted by molar-refractivity contribution is -0.139. The van der Waals surface area contributed by atoms with Crippen LogP contribution in [0.1, 0.15) is 50.4 Å². The van der Waals surface area contributed by atoms with Crippen LogP contribution in [-0.2, 0) is 19.1 Å². The molecule has 2 aliphatic rings. The van der Waals surface area contributed by atoms with Gasteiger partial charge >= 0.3 is 12.0 Å². The number of carbonyl (C=O) groups excluding carboxylic acids is 5. The molecule has 1 saturated heterocycles. The third kappa shape index (κ3) is 5.50. The number of amides is 5. The van der Waals surface area contributed by atoms with Gasteiger partial charge in [-0.3, -0.25) is 24.1 Å². The average molecular weight is 459 g/mol. The molecule has 2 unspecified atom stereocenters. The summed E-state index contributed by atoms with van der Waals surface area (Å²) in [7, 11) is 1.22. The molecule has 1 aromatic carbocycles. The lowest BCUT2D eigenvalue weighted by atomic mass is 9.64. The summed E-state index contributed by atoms with van der Waals surface area (Å²) in [5.41, 5.74) is -0.534. The van der Waals surface area contributed by atoms with Gasteiger partial charge in [-0.25, -0.2) is 4.79 Å². The van der Waals surface area contributed by atoms with Gasteiger partial charge in [0.25, 0.3) is 11.8 Å². The van der Waals surface area contributed by atoms with Gasteiger partial charge in [-0.2, -0.15) is 0 Å². The zero-order chi connectivity index (χ0) is 24.4. The zero-order valence-electron chi connectivity index (χ0n) is 19.3. The molecule has 33 heavy (non-hydrogen) atoms. The number of rotatable bonds is 6. The van der Waals surface area contributed by atoms with Crippen molar-refractivity contribution in [2.75, 3.05) is 25.5 Å². The topological polar surface area (TPSA) is 134 Å². The zero-order valence-corrected chi connectivity index (χ0v) is 19.3. The molecule has 1 aliphatic carbocycles. The van der Waals surface area contributed by atoms with E-state index in [4.69, 9.17) is 0 Å². The van der Waals surface area contributed by atoms with Crippen molar-refractivity contribution in [3.05, 3.63) is 29.8 Å². The number of anilines is 1. The fourth-order valence-electron chi connectivity index (χ4n) is 5.06. The van der Waals surface area contributed by atoms with E-state index in [1.165, 1.54) is 19.2 Å². The van der Waals surface area contributed by atoms with Gasteiger partial charge in [-0.15, -0.1) is 0 Å². The normalized spacial score (nSPS) is 23.8. The number of esters is 1. The minimum absolute atomic E-state index is 0.103. The fourth-order valence-corrected chi connectivity index (χ4v) is 5.06. The first-order chi connectivity index (χ1) is 15.4. The lowest BCUT2D eigenvalue weighted by Gasteiger charge is -2.43. The molecule has 178 valence electrons. The van der Waals surface area contributed by atoms with Crippen molar-refractivity contribution < 1.29 is 28.7 Å². The van der Waals surface area contributed by atoms with E-state index in [0.717, 1.165) is 11.3 Å². The molecule has 10 nitrogen and oxygen atoms in total. The van der Waals surface area contributed by atoms with Gasteiger partial charge in [0.05, 0.1) is 7.11 Å². The highest BCUT2D eigenvalue weighted by Gasteiger charge is 2.56. The fraction of sp³-hybridized carbons (Fsp3) is 0.522. The van der Waals surface area contributed by atoms with Crippen LogP contribution < -0.4 is 16.0 Å². The van der Waals surface area contributed by atoms with Crippen molar-refractivity contribution in [1.82, 2.24) is 15.5 Å². The summed E-state index contributed by atoms with van der Waals surface area (Å²) >= 11 is 0. The number of methoxy groups -OCH3 is 1. The van der Waals surface area contributed by atoms with Crippen LogP contribution in [0.2, 0.25) is 0 Å². The summed E-state index contributed by atoms with van der Waals surface area (Å²) in [5.74, 6) is -1.78. The Morgan fingerprint density at radius 3 is 2.61 bits per heavy atom. The molecule has 1 heterocycles. The molecule has 1 aliphatic heterocycles. The van der Waals surface area contributed by atoms with Crippen molar-refractivity contribution in [2.45, 2.75) is 45.6 Å². The Morgan fingerprint density at radius 2 is 1.94 bits per heavy atom. The third-order valence-corrected chi connectivity index (χ3v) is 5.96. The quantitative estimate of drug-likeness (QED) is 0.439. The van der Waals surface area contributed by atoms with Crippen molar-refractivity contribution in [1.29, 1.82) is 0 Å². The highest BCUT2D eigenvalue weighted by atomic mass is 16.5. The van der Waals surface area contributed by atoms with E-state index in [-0.39, 0.29) is 29.3 Å². The maximum absolute atomic E-state index is 13.2. The summed E-state index contributed by atoms with van der Waals surface area (Å²) in [6.45, 7) is 5.50. The first-order valence-corrected chi connectivity index (χ1v) is 10.8. The van der Waals surface area contributed by atoms with E-state index in [2.05, 4.69) is 41.5 Å². The van der Waals surface area contributed by atoms with Gasteiger partial charge in [0.15, 0.2) is 0 Å². The van der Waals surface area contributed by atoms with Crippen molar-refractivity contribution in [3.8, 4) is 0 Å². The molecule has 5 amide bonds. The molecule has 2 fully saturated rings. The molecule has 0 aromatic heterocycles. The summed E-state index contributed by atoms with van der Waals surface area (Å²) in [5, 5.41) is 7.87. The second kappa shape index (κ2) is 9.21. The van der Waals surface area contributed by atoms with Crippen LogP contribution in [0, 0.1) is 11.3 Å². The molecule has 2 atom stereocenters. The van der Waals surface area contributed by atoms with E-state index in [9.17, 15) is 24.0 Å². The maximum atomic E-state index is 13.2. The SMILES string of the molecule is COC(=O)CNC(=O)c1cccc(NC(=O)CN2C(=O)NC3(CC(C)CC(C)(C)C3)C2=O)c1. The van der Waals surface area contributed by atoms with Crippen LogP contribution in [0.4, 0.5) is 10.5 Å². The molecule has 3 N–H and O–H groups in total. The van der Waals surface area contributed by atoms with E-state index in [1.54, 1.807) is 12.1 Å². The van der Waals surface area contributed by atoms with Gasteiger partial charge in [0.2, 0.25) is 5.91 Å². The summed E-state index contributed by atoms with van der Waals surface area (Å²) < 4.78 is 4.48. The Morgan fingerprint density at radius 1 is 1.21 bits per heavy atom. The molecule has 1 spiro atoms. The first kappa shape index (κ1) is 24.2. The minimum atomic E-state index is -0.976.